The molecule has 116 valence electrons. The second-order valence-corrected chi connectivity index (χ2v) is 5.75. The van der Waals surface area contributed by atoms with E-state index in [0.29, 0.717) is 0 Å². The van der Waals surface area contributed by atoms with Crippen molar-refractivity contribution in [1.29, 1.82) is 0 Å². The summed E-state index contributed by atoms with van der Waals surface area (Å²) >= 11 is 0. The van der Waals surface area contributed by atoms with E-state index in [1.54, 1.807) is 0 Å². The van der Waals surface area contributed by atoms with Crippen molar-refractivity contribution in [2.24, 2.45) is 11.3 Å². The normalized spacial score (nSPS) is 12.5. The number of anilines is 1. The molecular formula is C16H22F2NOTi-. The van der Waals surface area contributed by atoms with Gasteiger partial charge in [0.1, 0.15) is 0 Å². The molecule has 0 aliphatic carbocycles. The Balaban J connectivity index is 0.00000400. The van der Waals surface area contributed by atoms with Crippen LogP contribution in [0.25, 0.3) is 0 Å². The van der Waals surface area contributed by atoms with Gasteiger partial charge in [0.2, 0.25) is 5.91 Å². The van der Waals surface area contributed by atoms with Gasteiger partial charge in [-0.1, -0.05) is 40.5 Å². The Labute approximate surface area is 140 Å². The molecular weight excluding hydrogens is 308 g/mol. The molecule has 1 unspecified atom stereocenters. The molecule has 0 spiro atoms. The number of nitrogens with one attached hydrogen (secondary N) is 1. The largest absolute Gasteiger partial charge is 0.376 e. The molecule has 2 nitrogen and oxygen atoms in total. The van der Waals surface area contributed by atoms with E-state index in [2.05, 4.69) is 12.2 Å². The second-order valence-electron chi connectivity index (χ2n) is 5.75. The van der Waals surface area contributed by atoms with Gasteiger partial charge < -0.3 is 5.32 Å². The number of halogens is 2. The number of carbonyl (C=O) groups is 1. The smallest absolute Gasteiger partial charge is 0.219 e. The van der Waals surface area contributed by atoms with Crippen LogP contribution >= 0.6 is 0 Å². The number of rotatable bonds is 6. The molecule has 1 N–H and O–H groups in total. The Kier molecular flexibility index (Phi) is 8.34. The van der Waals surface area contributed by atoms with Crippen LogP contribution in [0.3, 0.4) is 0 Å². The van der Waals surface area contributed by atoms with E-state index in [9.17, 15) is 13.6 Å². The van der Waals surface area contributed by atoms with Gasteiger partial charge in [-0.3, -0.25) is 4.79 Å². The molecule has 0 aromatic heterocycles. The molecule has 0 aliphatic rings. The maximum atomic E-state index is 13.5. The summed E-state index contributed by atoms with van der Waals surface area (Å²) in [6, 6.07) is 4.20. The minimum Gasteiger partial charge on any atom is -0.376 e. The Bertz CT molecular complexity index is 477. The third-order valence-electron chi connectivity index (χ3n) is 3.92. The van der Waals surface area contributed by atoms with Gasteiger partial charge in [-0.2, -0.15) is 0 Å². The predicted molar refractivity (Wildman–Crippen MR) is 76.3 cm³/mol. The summed E-state index contributed by atoms with van der Waals surface area (Å²) in [5.41, 5.74) is -0.650. The molecule has 1 aromatic rings. The summed E-state index contributed by atoms with van der Waals surface area (Å²) in [7, 11) is 0. The quantitative estimate of drug-likeness (QED) is 0.601. The van der Waals surface area contributed by atoms with Gasteiger partial charge in [0.15, 0.2) is 0 Å². The van der Waals surface area contributed by atoms with Gasteiger partial charge in [0, 0.05) is 38.8 Å². The zero-order valence-corrected chi connectivity index (χ0v) is 14.6. The predicted octanol–water partition coefficient (Wildman–Crippen LogP) is 4.55. The third kappa shape index (κ3) is 5.52. The van der Waals surface area contributed by atoms with Crippen LogP contribution in [0.2, 0.25) is 0 Å². The monoisotopic (exact) mass is 330 g/mol. The molecule has 1 aromatic carbocycles. The van der Waals surface area contributed by atoms with Crippen LogP contribution in [0.15, 0.2) is 12.1 Å². The molecule has 1 amide bonds. The average Bonchev–Trinajstić information content (AvgIpc) is 2.38. The topological polar surface area (TPSA) is 29.1 Å². The van der Waals surface area contributed by atoms with Gasteiger partial charge >= 0.3 is 0 Å². The van der Waals surface area contributed by atoms with Crippen LogP contribution < -0.4 is 5.32 Å². The number of carbonyl (C=O) groups excluding carboxylic acids is 1. The first-order valence-electron chi connectivity index (χ1n) is 6.97. The Morgan fingerprint density at radius 1 is 1.38 bits per heavy atom. The molecule has 0 saturated heterocycles. The molecule has 0 fully saturated rings. The molecule has 5 heteroatoms. The van der Waals surface area contributed by atoms with Crippen LogP contribution in [0.1, 0.15) is 47.0 Å². The second kappa shape index (κ2) is 8.65. The van der Waals surface area contributed by atoms with Crippen molar-refractivity contribution >= 4 is 11.6 Å². The Morgan fingerprint density at radius 3 is 2.52 bits per heavy atom. The minimum atomic E-state index is -0.879. The van der Waals surface area contributed by atoms with Crippen LogP contribution in [0.4, 0.5) is 14.5 Å². The zero-order valence-electron chi connectivity index (χ0n) is 13.0. The van der Waals surface area contributed by atoms with E-state index >= 15 is 0 Å². The van der Waals surface area contributed by atoms with Crippen molar-refractivity contribution in [3.63, 3.8) is 0 Å². The minimum absolute atomic E-state index is 0. The molecule has 0 heterocycles. The molecule has 21 heavy (non-hydrogen) atoms. The van der Waals surface area contributed by atoms with E-state index in [1.165, 1.54) is 6.07 Å². The Morgan fingerprint density at radius 2 is 2.00 bits per heavy atom. The summed E-state index contributed by atoms with van der Waals surface area (Å²) in [5.74, 6) is -1.75. The number of benzene rings is 1. The SMILES string of the molecule is CCCCC(C)C(C)(C)C(=O)Nc1ccc(F)[c-]c1F.[Ti]. The molecule has 1 atom stereocenters. The van der Waals surface area contributed by atoms with Gasteiger partial charge in [-0.15, -0.1) is 18.2 Å². The van der Waals surface area contributed by atoms with Crippen molar-refractivity contribution in [2.75, 3.05) is 5.32 Å². The van der Waals surface area contributed by atoms with E-state index in [1.807, 2.05) is 26.8 Å². The standard InChI is InChI=1S/C16H22F2NO.Ti/c1-5-6-7-11(2)16(3,4)15(20)19-14-9-8-12(17)10-13(14)18;/h8-9,11H,5-7H2,1-4H3,(H,19,20);/q-1;. The molecule has 0 radical (unpaired) electrons. The average molecular weight is 330 g/mol. The van der Waals surface area contributed by atoms with Crippen molar-refractivity contribution in [3.8, 4) is 0 Å². The van der Waals surface area contributed by atoms with Gasteiger partial charge in [0.25, 0.3) is 0 Å². The number of unbranched alkanes of at least 4 members (excludes halogenated alkanes) is 1. The Hall–Kier alpha value is -0.736. The van der Waals surface area contributed by atoms with Gasteiger partial charge in [-0.05, 0) is 18.0 Å². The van der Waals surface area contributed by atoms with E-state index in [4.69, 9.17) is 0 Å². The number of amides is 1. The zero-order chi connectivity index (χ0) is 15.3. The molecule has 0 aliphatic heterocycles. The first kappa shape index (κ1) is 20.3. The summed E-state index contributed by atoms with van der Waals surface area (Å²) in [6.07, 6.45) is 3.06. The number of hydrogen-bond acceptors (Lipinski definition) is 1. The van der Waals surface area contributed by atoms with E-state index < -0.39 is 17.0 Å². The van der Waals surface area contributed by atoms with Crippen molar-refractivity contribution < 1.29 is 35.3 Å². The molecule has 0 saturated carbocycles. The maximum absolute atomic E-state index is 13.5. The molecule has 1 rings (SSSR count). The molecule has 0 bridgehead atoms. The van der Waals surface area contributed by atoms with Crippen LogP contribution in [-0.4, -0.2) is 5.91 Å². The number of hydrogen-bond donors (Lipinski definition) is 1. The fourth-order valence-electron chi connectivity index (χ4n) is 1.92. The fourth-order valence-corrected chi connectivity index (χ4v) is 1.92. The van der Waals surface area contributed by atoms with Crippen molar-refractivity contribution in [3.05, 3.63) is 29.8 Å². The summed E-state index contributed by atoms with van der Waals surface area (Å²) < 4.78 is 26.3. The van der Waals surface area contributed by atoms with E-state index in [0.717, 1.165) is 25.3 Å². The maximum Gasteiger partial charge on any atom is 0.219 e. The van der Waals surface area contributed by atoms with Crippen LogP contribution in [-0.2, 0) is 26.5 Å². The van der Waals surface area contributed by atoms with Crippen LogP contribution in [0, 0.1) is 29.0 Å². The fraction of sp³-hybridized carbons (Fsp3) is 0.562. The van der Waals surface area contributed by atoms with Gasteiger partial charge in [0.05, 0.1) is 0 Å². The summed E-state index contributed by atoms with van der Waals surface area (Å²) in [6.45, 7) is 7.80. The first-order chi connectivity index (χ1) is 9.28. The van der Waals surface area contributed by atoms with Crippen molar-refractivity contribution in [2.45, 2.75) is 47.0 Å². The van der Waals surface area contributed by atoms with E-state index in [-0.39, 0.29) is 39.2 Å². The van der Waals surface area contributed by atoms with Crippen molar-refractivity contribution in [1.82, 2.24) is 0 Å². The first-order valence-corrected chi connectivity index (χ1v) is 6.97. The summed E-state index contributed by atoms with van der Waals surface area (Å²) in [4.78, 5) is 12.3. The third-order valence-corrected chi connectivity index (χ3v) is 3.92. The summed E-state index contributed by atoms with van der Waals surface area (Å²) in [5, 5.41) is 2.52. The van der Waals surface area contributed by atoms with Gasteiger partial charge in [-0.25, -0.2) is 8.78 Å². The van der Waals surface area contributed by atoms with Crippen LogP contribution in [0.5, 0.6) is 0 Å².